The van der Waals surface area contributed by atoms with E-state index in [-0.39, 0.29) is 11.7 Å². The van der Waals surface area contributed by atoms with Crippen LogP contribution in [0.15, 0.2) is 41.3 Å². The van der Waals surface area contributed by atoms with Gasteiger partial charge in [-0.3, -0.25) is 4.79 Å². The lowest BCUT2D eigenvalue weighted by Crippen LogP contribution is -2.35. The van der Waals surface area contributed by atoms with E-state index >= 15 is 0 Å². The molecule has 0 atom stereocenters. The second-order valence-electron chi connectivity index (χ2n) is 4.70. The van der Waals surface area contributed by atoms with E-state index in [1.54, 1.807) is 28.8 Å². The molecule has 0 saturated heterocycles. The van der Waals surface area contributed by atoms with Crippen LogP contribution in [0.25, 0.3) is 0 Å². The Morgan fingerprint density at radius 2 is 2.10 bits per heavy atom. The van der Waals surface area contributed by atoms with Crippen molar-refractivity contribution in [2.75, 3.05) is 22.9 Å². The zero-order valence-electron chi connectivity index (χ0n) is 11.0. The summed E-state index contributed by atoms with van der Waals surface area (Å²) in [5.41, 5.74) is 7.80. The Labute approximate surface area is 140 Å². The third-order valence-corrected chi connectivity index (χ3v) is 5.24. The first kappa shape index (κ1) is 14.5. The van der Waals surface area contributed by atoms with Gasteiger partial charge >= 0.3 is 0 Å². The number of phenolic OH excluding ortho intramolecular Hbond substituents is 1. The van der Waals surface area contributed by atoms with Crippen molar-refractivity contribution in [2.45, 2.75) is 4.90 Å². The van der Waals surface area contributed by atoms with Crippen LogP contribution in [-0.2, 0) is 0 Å². The number of carbonyl (C=O) groups excluding carboxylic acids is 1. The van der Waals surface area contributed by atoms with Gasteiger partial charge in [-0.2, -0.15) is 0 Å². The predicted octanol–water partition coefficient (Wildman–Crippen LogP) is 3.33. The van der Waals surface area contributed by atoms with Gasteiger partial charge in [0.25, 0.3) is 5.91 Å². The molecule has 1 amide bonds. The van der Waals surface area contributed by atoms with Gasteiger partial charge in [-0.1, -0.05) is 0 Å². The largest absolute Gasteiger partial charge is 0.507 e. The predicted molar refractivity (Wildman–Crippen MR) is 94.1 cm³/mol. The molecule has 1 heterocycles. The fraction of sp³-hybridized carbons (Fsp3) is 0.133. The monoisotopic (exact) mass is 412 g/mol. The van der Waals surface area contributed by atoms with Crippen molar-refractivity contribution in [1.82, 2.24) is 0 Å². The molecule has 0 fully saturated rings. The van der Waals surface area contributed by atoms with E-state index < -0.39 is 0 Å². The van der Waals surface area contributed by atoms with Crippen LogP contribution in [0, 0.1) is 3.57 Å². The quantitative estimate of drug-likeness (QED) is 0.557. The third kappa shape index (κ3) is 2.82. The number of anilines is 2. The molecule has 0 aromatic heterocycles. The Balaban J connectivity index is 1.99. The lowest BCUT2D eigenvalue weighted by molar-refractivity contribution is 0.0987. The Bertz CT molecular complexity index is 721. The highest BCUT2D eigenvalue weighted by Crippen LogP contribution is 2.37. The zero-order chi connectivity index (χ0) is 15.0. The van der Waals surface area contributed by atoms with Crippen molar-refractivity contribution in [3.05, 3.63) is 45.5 Å². The second kappa shape index (κ2) is 5.76. The molecule has 1 aliphatic rings. The minimum atomic E-state index is -0.117. The van der Waals surface area contributed by atoms with Crippen molar-refractivity contribution in [2.24, 2.45) is 0 Å². The normalized spacial score (nSPS) is 13.9. The minimum absolute atomic E-state index is 0.117. The van der Waals surface area contributed by atoms with E-state index in [4.69, 9.17) is 5.73 Å². The molecule has 6 heteroatoms. The van der Waals surface area contributed by atoms with E-state index in [9.17, 15) is 9.90 Å². The maximum atomic E-state index is 12.7. The summed E-state index contributed by atoms with van der Waals surface area (Å²) in [4.78, 5) is 15.5. The molecule has 0 unspecified atom stereocenters. The average Bonchev–Trinajstić information content (AvgIpc) is 2.48. The Morgan fingerprint density at radius 1 is 1.29 bits per heavy atom. The molecule has 0 aliphatic carbocycles. The molecule has 4 nitrogen and oxygen atoms in total. The number of halogens is 1. The highest BCUT2D eigenvalue weighted by Gasteiger charge is 2.24. The molecular formula is C15H13IN2O2S. The van der Waals surface area contributed by atoms with Gasteiger partial charge in [-0.05, 0) is 59.0 Å². The van der Waals surface area contributed by atoms with Gasteiger partial charge in [0.15, 0.2) is 0 Å². The van der Waals surface area contributed by atoms with Gasteiger partial charge in [0, 0.05) is 28.4 Å². The fourth-order valence-corrected chi connectivity index (χ4v) is 3.56. The van der Waals surface area contributed by atoms with Gasteiger partial charge in [0.1, 0.15) is 5.75 Å². The van der Waals surface area contributed by atoms with Crippen LogP contribution < -0.4 is 10.6 Å². The summed E-state index contributed by atoms with van der Waals surface area (Å²) in [6.07, 6.45) is 0. The molecule has 2 aromatic rings. The van der Waals surface area contributed by atoms with Crippen molar-refractivity contribution in [3.63, 3.8) is 0 Å². The Kier molecular flexibility index (Phi) is 3.99. The highest BCUT2D eigenvalue weighted by molar-refractivity contribution is 14.1. The molecule has 0 radical (unpaired) electrons. The van der Waals surface area contributed by atoms with Gasteiger partial charge in [0.05, 0.1) is 9.26 Å². The first-order chi connectivity index (χ1) is 10.1. The molecule has 108 valence electrons. The summed E-state index contributed by atoms with van der Waals surface area (Å²) in [5.74, 6) is 0.855. The van der Waals surface area contributed by atoms with Gasteiger partial charge in [-0.25, -0.2) is 0 Å². The molecular weight excluding hydrogens is 399 g/mol. The molecule has 2 aromatic carbocycles. The summed E-state index contributed by atoms with van der Waals surface area (Å²) < 4.78 is 0.725. The van der Waals surface area contributed by atoms with Crippen LogP contribution in [0.5, 0.6) is 5.75 Å². The zero-order valence-corrected chi connectivity index (χ0v) is 14.0. The number of nitrogens with two attached hydrogens (primary N) is 1. The molecule has 3 rings (SSSR count). The molecule has 21 heavy (non-hydrogen) atoms. The van der Waals surface area contributed by atoms with Gasteiger partial charge in [0.2, 0.25) is 0 Å². The first-order valence-corrected chi connectivity index (χ1v) is 8.45. The number of hydrogen-bond donors (Lipinski definition) is 2. The number of nitrogen functional groups attached to an aromatic ring is 1. The molecule has 0 saturated carbocycles. The summed E-state index contributed by atoms with van der Waals surface area (Å²) in [7, 11) is 0. The van der Waals surface area contributed by atoms with Crippen molar-refractivity contribution >= 4 is 51.6 Å². The Hall–Kier alpha value is -1.41. The summed E-state index contributed by atoms with van der Waals surface area (Å²) >= 11 is 3.75. The smallest absolute Gasteiger partial charge is 0.258 e. The molecule has 1 aliphatic heterocycles. The third-order valence-electron chi connectivity index (χ3n) is 3.28. The van der Waals surface area contributed by atoms with Gasteiger partial charge < -0.3 is 15.7 Å². The minimum Gasteiger partial charge on any atom is -0.507 e. The SMILES string of the molecule is Nc1ccc2c(c1)N(C(=O)c1ccc(I)c(O)c1)CCS2. The number of benzene rings is 2. The Morgan fingerprint density at radius 3 is 2.86 bits per heavy atom. The number of nitrogens with zero attached hydrogens (tertiary/aromatic N) is 1. The summed E-state index contributed by atoms with van der Waals surface area (Å²) in [6, 6.07) is 10.6. The van der Waals surface area contributed by atoms with Crippen LogP contribution in [0.1, 0.15) is 10.4 Å². The van der Waals surface area contributed by atoms with E-state index in [2.05, 4.69) is 0 Å². The number of aromatic hydroxyl groups is 1. The number of amides is 1. The number of rotatable bonds is 1. The number of fused-ring (bicyclic) bond motifs is 1. The number of phenols is 1. The fourth-order valence-electron chi connectivity index (χ4n) is 2.25. The highest BCUT2D eigenvalue weighted by atomic mass is 127. The average molecular weight is 412 g/mol. The van der Waals surface area contributed by atoms with E-state index in [0.717, 1.165) is 19.9 Å². The van der Waals surface area contributed by atoms with Crippen LogP contribution >= 0.6 is 34.4 Å². The number of hydrogen-bond acceptors (Lipinski definition) is 4. The molecule has 0 bridgehead atoms. The maximum absolute atomic E-state index is 12.7. The molecule has 0 spiro atoms. The van der Waals surface area contributed by atoms with Crippen molar-refractivity contribution in [1.29, 1.82) is 0 Å². The van der Waals surface area contributed by atoms with Crippen LogP contribution in [0.3, 0.4) is 0 Å². The standard InChI is InChI=1S/C15H13IN2O2S/c16-11-3-1-9(7-13(11)19)15(20)18-5-6-21-14-4-2-10(17)8-12(14)18/h1-4,7-8,19H,5-6,17H2. The van der Waals surface area contributed by atoms with E-state index in [0.29, 0.717) is 17.8 Å². The number of thioether (sulfide) groups is 1. The van der Waals surface area contributed by atoms with E-state index in [1.165, 1.54) is 6.07 Å². The van der Waals surface area contributed by atoms with Crippen molar-refractivity contribution in [3.8, 4) is 5.75 Å². The summed E-state index contributed by atoms with van der Waals surface area (Å²) in [5, 5.41) is 9.78. The molecule has 3 N–H and O–H groups in total. The maximum Gasteiger partial charge on any atom is 0.258 e. The van der Waals surface area contributed by atoms with Crippen LogP contribution in [-0.4, -0.2) is 23.3 Å². The second-order valence-corrected chi connectivity index (χ2v) is 7.00. The first-order valence-electron chi connectivity index (χ1n) is 6.39. The lowest BCUT2D eigenvalue weighted by Gasteiger charge is -2.29. The lowest BCUT2D eigenvalue weighted by atomic mass is 10.1. The van der Waals surface area contributed by atoms with Gasteiger partial charge in [-0.15, -0.1) is 11.8 Å². The van der Waals surface area contributed by atoms with Crippen LogP contribution in [0.4, 0.5) is 11.4 Å². The summed E-state index contributed by atoms with van der Waals surface area (Å²) in [6.45, 7) is 0.632. The topological polar surface area (TPSA) is 66.6 Å². The van der Waals surface area contributed by atoms with Crippen molar-refractivity contribution < 1.29 is 9.90 Å². The number of carbonyl (C=O) groups is 1. The van der Waals surface area contributed by atoms with Crippen LogP contribution in [0.2, 0.25) is 0 Å². The van der Waals surface area contributed by atoms with E-state index in [1.807, 2.05) is 40.8 Å².